The fraction of sp³-hybridized carbons (Fsp3) is 0.333. The van der Waals surface area contributed by atoms with Gasteiger partial charge in [-0.05, 0) is 31.0 Å². The maximum absolute atomic E-state index is 13.2. The van der Waals surface area contributed by atoms with Crippen LogP contribution in [0.3, 0.4) is 0 Å². The number of amides is 1. The number of nitrogens with zero attached hydrogens (tertiary/aromatic N) is 4. The quantitative estimate of drug-likeness (QED) is 0.756. The van der Waals surface area contributed by atoms with Gasteiger partial charge in [-0.3, -0.25) is 9.78 Å². The Morgan fingerprint density at radius 3 is 2.59 bits per heavy atom. The van der Waals surface area contributed by atoms with E-state index in [0.717, 1.165) is 5.56 Å². The van der Waals surface area contributed by atoms with E-state index in [1.807, 2.05) is 0 Å². The predicted octanol–water partition coefficient (Wildman–Crippen LogP) is 3.42. The summed E-state index contributed by atoms with van der Waals surface area (Å²) in [6, 6.07) is 3.37. The Kier molecular flexibility index (Phi) is 4.86. The first kappa shape index (κ1) is 18.8. The molecule has 0 aliphatic rings. The number of rotatable bonds is 4. The first-order valence-corrected chi connectivity index (χ1v) is 8.32. The molecule has 0 aromatic carbocycles. The van der Waals surface area contributed by atoms with Gasteiger partial charge in [0.2, 0.25) is 0 Å². The molecule has 1 atom stereocenters. The maximum atomic E-state index is 13.2. The third-order valence-electron chi connectivity index (χ3n) is 4.16. The predicted molar refractivity (Wildman–Crippen MR) is 93.1 cm³/mol. The summed E-state index contributed by atoms with van der Waals surface area (Å²) in [7, 11) is 0. The molecule has 1 amide bonds. The molecule has 0 radical (unpaired) electrons. The molecular weight excluding hydrogens is 359 g/mol. The number of aryl methyl sites for hydroxylation is 1. The summed E-state index contributed by atoms with van der Waals surface area (Å²) in [5.74, 6) is -1.67. The van der Waals surface area contributed by atoms with Crippen molar-refractivity contribution in [1.29, 1.82) is 0 Å². The lowest BCUT2D eigenvalue weighted by Crippen LogP contribution is -2.48. The number of carbonyl (C=O) groups excluding carboxylic acids is 1. The topological polar surface area (TPSA) is 72.2 Å². The number of nitrogens with one attached hydrogen (secondary N) is 1. The van der Waals surface area contributed by atoms with Crippen molar-refractivity contribution in [3.05, 3.63) is 48.0 Å². The van der Waals surface area contributed by atoms with Crippen LogP contribution in [0, 0.1) is 12.8 Å². The molecule has 0 saturated heterocycles. The van der Waals surface area contributed by atoms with Crippen LogP contribution in [0.25, 0.3) is 16.9 Å². The SMILES string of the molecule is Cc1cc(-c2cccnc2)nc2c(C(=O)NC(C(C)C)C(F)(F)F)cnn12. The van der Waals surface area contributed by atoms with Crippen molar-refractivity contribution in [2.45, 2.75) is 33.0 Å². The highest BCUT2D eigenvalue weighted by molar-refractivity contribution is 6.00. The summed E-state index contributed by atoms with van der Waals surface area (Å²) >= 11 is 0. The molecule has 3 rings (SSSR count). The summed E-state index contributed by atoms with van der Waals surface area (Å²) in [4.78, 5) is 21.0. The summed E-state index contributed by atoms with van der Waals surface area (Å²) in [6.45, 7) is 4.57. The van der Waals surface area contributed by atoms with Crippen molar-refractivity contribution in [3.63, 3.8) is 0 Å². The zero-order chi connectivity index (χ0) is 19.8. The first-order valence-electron chi connectivity index (χ1n) is 8.32. The minimum absolute atomic E-state index is 0.0151. The number of hydrogen-bond acceptors (Lipinski definition) is 4. The molecular formula is C18H18F3N5O. The standard InChI is InChI=1S/C18H18F3N5O/c1-10(2)15(18(19,20)21)25-17(27)13-9-23-26-11(3)7-14(24-16(13)26)12-5-4-6-22-8-12/h4-10,15H,1-3H3,(H,25,27). The second-order valence-corrected chi connectivity index (χ2v) is 6.55. The highest BCUT2D eigenvalue weighted by Crippen LogP contribution is 2.26. The van der Waals surface area contributed by atoms with Gasteiger partial charge < -0.3 is 5.32 Å². The number of hydrogen-bond donors (Lipinski definition) is 1. The van der Waals surface area contributed by atoms with Gasteiger partial charge in [0.1, 0.15) is 11.6 Å². The molecule has 1 unspecified atom stereocenters. The Balaban J connectivity index is 2.02. The maximum Gasteiger partial charge on any atom is 0.408 e. The van der Waals surface area contributed by atoms with Crippen molar-refractivity contribution in [2.75, 3.05) is 0 Å². The molecule has 142 valence electrons. The lowest BCUT2D eigenvalue weighted by Gasteiger charge is -2.24. The molecule has 0 aliphatic heterocycles. The van der Waals surface area contributed by atoms with Gasteiger partial charge in [0.05, 0.1) is 11.9 Å². The molecule has 0 spiro atoms. The third kappa shape index (κ3) is 3.76. The Labute approximate surface area is 153 Å². The van der Waals surface area contributed by atoms with Gasteiger partial charge in [-0.1, -0.05) is 13.8 Å². The molecule has 0 fully saturated rings. The van der Waals surface area contributed by atoms with Gasteiger partial charge in [0.25, 0.3) is 5.91 Å². The van der Waals surface area contributed by atoms with E-state index >= 15 is 0 Å². The largest absolute Gasteiger partial charge is 0.408 e. The van der Waals surface area contributed by atoms with Gasteiger partial charge >= 0.3 is 6.18 Å². The summed E-state index contributed by atoms with van der Waals surface area (Å²) in [6.07, 6.45) is -0.0783. The molecule has 0 bridgehead atoms. The van der Waals surface area contributed by atoms with Crippen LogP contribution in [0.4, 0.5) is 13.2 Å². The molecule has 6 nitrogen and oxygen atoms in total. The second kappa shape index (κ2) is 6.98. The van der Waals surface area contributed by atoms with E-state index in [1.54, 1.807) is 37.5 Å². The van der Waals surface area contributed by atoms with Crippen LogP contribution >= 0.6 is 0 Å². The second-order valence-electron chi connectivity index (χ2n) is 6.55. The normalized spacial score (nSPS) is 13.1. The van der Waals surface area contributed by atoms with Crippen LogP contribution < -0.4 is 5.32 Å². The minimum Gasteiger partial charge on any atom is -0.340 e. The van der Waals surface area contributed by atoms with Gasteiger partial charge in [0, 0.05) is 23.7 Å². The fourth-order valence-electron chi connectivity index (χ4n) is 2.78. The highest BCUT2D eigenvalue weighted by Gasteiger charge is 2.43. The van der Waals surface area contributed by atoms with Crippen LogP contribution in [-0.4, -0.2) is 37.7 Å². The highest BCUT2D eigenvalue weighted by atomic mass is 19.4. The third-order valence-corrected chi connectivity index (χ3v) is 4.16. The minimum atomic E-state index is -4.54. The average molecular weight is 377 g/mol. The fourth-order valence-corrected chi connectivity index (χ4v) is 2.78. The van der Waals surface area contributed by atoms with Crippen LogP contribution in [0.15, 0.2) is 36.8 Å². The molecule has 3 aromatic rings. The molecule has 3 heterocycles. The van der Waals surface area contributed by atoms with E-state index in [9.17, 15) is 18.0 Å². The van der Waals surface area contributed by atoms with E-state index in [1.165, 1.54) is 24.6 Å². The first-order chi connectivity index (χ1) is 12.7. The Morgan fingerprint density at radius 1 is 1.26 bits per heavy atom. The molecule has 0 aliphatic carbocycles. The van der Waals surface area contributed by atoms with Crippen molar-refractivity contribution >= 4 is 11.6 Å². The van der Waals surface area contributed by atoms with Gasteiger partial charge in [-0.2, -0.15) is 18.3 Å². The molecule has 0 saturated carbocycles. The van der Waals surface area contributed by atoms with Crippen LogP contribution in [0.2, 0.25) is 0 Å². The monoisotopic (exact) mass is 377 g/mol. The number of fused-ring (bicyclic) bond motifs is 1. The van der Waals surface area contributed by atoms with Crippen molar-refractivity contribution in [1.82, 2.24) is 24.9 Å². The molecule has 27 heavy (non-hydrogen) atoms. The molecule has 9 heteroatoms. The van der Waals surface area contributed by atoms with E-state index < -0.39 is 24.0 Å². The van der Waals surface area contributed by atoms with Gasteiger partial charge in [-0.25, -0.2) is 9.50 Å². The van der Waals surface area contributed by atoms with E-state index in [4.69, 9.17) is 0 Å². The number of alkyl halides is 3. The lowest BCUT2D eigenvalue weighted by atomic mass is 10.0. The molecule has 3 aromatic heterocycles. The number of carbonyl (C=O) groups is 1. The number of halogens is 3. The molecule has 1 N–H and O–H groups in total. The van der Waals surface area contributed by atoms with E-state index in [0.29, 0.717) is 11.4 Å². The number of aromatic nitrogens is 4. The van der Waals surface area contributed by atoms with Crippen molar-refractivity contribution < 1.29 is 18.0 Å². The van der Waals surface area contributed by atoms with Gasteiger partial charge in [0.15, 0.2) is 5.65 Å². The van der Waals surface area contributed by atoms with E-state index in [2.05, 4.69) is 20.4 Å². The van der Waals surface area contributed by atoms with Crippen LogP contribution in [0.1, 0.15) is 29.9 Å². The zero-order valence-corrected chi connectivity index (χ0v) is 14.9. The van der Waals surface area contributed by atoms with E-state index in [-0.39, 0.29) is 11.2 Å². The Morgan fingerprint density at radius 2 is 2.00 bits per heavy atom. The lowest BCUT2D eigenvalue weighted by molar-refractivity contribution is -0.162. The van der Waals surface area contributed by atoms with Crippen molar-refractivity contribution in [2.24, 2.45) is 5.92 Å². The summed E-state index contributed by atoms with van der Waals surface area (Å²) in [5, 5.41) is 6.14. The average Bonchev–Trinajstić information content (AvgIpc) is 3.03. The van der Waals surface area contributed by atoms with Crippen LogP contribution in [0.5, 0.6) is 0 Å². The Hall–Kier alpha value is -2.97. The summed E-state index contributed by atoms with van der Waals surface area (Å²) < 4.78 is 41.0. The Bertz CT molecular complexity index is 966. The van der Waals surface area contributed by atoms with Crippen molar-refractivity contribution in [3.8, 4) is 11.3 Å². The van der Waals surface area contributed by atoms with Crippen LogP contribution in [-0.2, 0) is 0 Å². The zero-order valence-electron chi connectivity index (χ0n) is 14.9. The van der Waals surface area contributed by atoms with Gasteiger partial charge in [-0.15, -0.1) is 0 Å². The smallest absolute Gasteiger partial charge is 0.340 e. The number of pyridine rings is 1. The summed E-state index contributed by atoms with van der Waals surface area (Å²) in [5.41, 5.74) is 2.15.